The van der Waals surface area contributed by atoms with Crippen LogP contribution < -0.4 is 4.90 Å². The molecule has 0 aliphatic carbocycles. The minimum Gasteiger partial charge on any atom is -0.353 e. The molecule has 1 atom stereocenters. The molecule has 0 radical (unpaired) electrons. The molecule has 0 saturated carbocycles. The molecular formula is C17H18F6N4O2. The van der Waals surface area contributed by atoms with Gasteiger partial charge in [-0.1, -0.05) is 0 Å². The highest BCUT2D eigenvalue weighted by molar-refractivity contribution is 5.89. The first-order valence-corrected chi connectivity index (χ1v) is 8.85. The molecular weight excluding hydrogens is 406 g/mol. The summed E-state index contributed by atoms with van der Waals surface area (Å²) in [5.74, 6) is -1.56. The molecule has 6 nitrogen and oxygen atoms in total. The molecule has 2 fully saturated rings. The van der Waals surface area contributed by atoms with Crippen molar-refractivity contribution in [3.8, 4) is 0 Å². The van der Waals surface area contributed by atoms with Gasteiger partial charge in [0.15, 0.2) is 0 Å². The van der Waals surface area contributed by atoms with Gasteiger partial charge in [-0.3, -0.25) is 9.59 Å². The number of alkyl halides is 6. The van der Waals surface area contributed by atoms with Gasteiger partial charge in [0.2, 0.25) is 11.8 Å². The second-order valence-corrected chi connectivity index (χ2v) is 7.01. The van der Waals surface area contributed by atoms with E-state index in [1.165, 1.54) is 11.0 Å². The first-order valence-electron chi connectivity index (χ1n) is 8.85. The number of pyridine rings is 1. The number of anilines is 1. The van der Waals surface area contributed by atoms with Crippen LogP contribution in [0.3, 0.4) is 0 Å². The average molecular weight is 424 g/mol. The summed E-state index contributed by atoms with van der Waals surface area (Å²) >= 11 is 0. The van der Waals surface area contributed by atoms with Crippen molar-refractivity contribution in [2.24, 2.45) is 5.92 Å². The molecule has 29 heavy (non-hydrogen) atoms. The quantitative estimate of drug-likeness (QED) is 0.698. The standard InChI is InChI=1S/C17H18F6N4O2/c18-16(19,20)10-27-9-11(7-14(27)28)15(29)26-5-3-25(4-6-26)13-2-1-12(8-24-13)17(21,22)23/h1-2,8,11H,3-7,9-10H2. The number of hydrogen-bond donors (Lipinski definition) is 0. The van der Waals surface area contributed by atoms with Crippen molar-refractivity contribution >= 4 is 17.6 Å². The third-order valence-corrected chi connectivity index (χ3v) is 4.92. The number of carbonyl (C=O) groups is 2. The van der Waals surface area contributed by atoms with E-state index in [0.717, 1.165) is 12.3 Å². The maximum Gasteiger partial charge on any atom is 0.417 e. The zero-order chi connectivity index (χ0) is 21.4. The van der Waals surface area contributed by atoms with Gasteiger partial charge in [0, 0.05) is 45.3 Å². The van der Waals surface area contributed by atoms with Crippen LogP contribution in [0.15, 0.2) is 18.3 Å². The van der Waals surface area contributed by atoms with E-state index in [1.807, 2.05) is 0 Å². The van der Waals surface area contributed by atoms with E-state index in [-0.39, 0.29) is 32.0 Å². The number of piperazine rings is 1. The third-order valence-electron chi connectivity index (χ3n) is 4.92. The monoisotopic (exact) mass is 424 g/mol. The SMILES string of the molecule is O=C1CC(C(=O)N2CCN(c3ccc(C(F)(F)F)cn3)CC2)CN1CC(F)(F)F. The predicted octanol–water partition coefficient (Wildman–Crippen LogP) is 2.16. The molecule has 1 aromatic rings. The first-order chi connectivity index (χ1) is 13.4. The lowest BCUT2D eigenvalue weighted by Crippen LogP contribution is -2.51. The fraction of sp³-hybridized carbons (Fsp3) is 0.588. The molecule has 0 spiro atoms. The zero-order valence-electron chi connectivity index (χ0n) is 15.1. The maximum atomic E-state index is 12.6. The van der Waals surface area contributed by atoms with E-state index in [9.17, 15) is 35.9 Å². The Morgan fingerprint density at radius 1 is 1.07 bits per heavy atom. The van der Waals surface area contributed by atoms with Crippen LogP contribution in [0.25, 0.3) is 0 Å². The molecule has 2 saturated heterocycles. The van der Waals surface area contributed by atoms with Crippen molar-refractivity contribution in [2.45, 2.75) is 18.8 Å². The Bertz CT molecular complexity index is 757. The highest BCUT2D eigenvalue weighted by atomic mass is 19.4. The van der Waals surface area contributed by atoms with Crippen LogP contribution in [-0.4, -0.2) is 72.0 Å². The van der Waals surface area contributed by atoms with E-state index in [1.54, 1.807) is 4.90 Å². The van der Waals surface area contributed by atoms with Crippen molar-refractivity contribution in [2.75, 3.05) is 44.2 Å². The Kier molecular flexibility index (Phi) is 5.63. The Hall–Kier alpha value is -2.53. The maximum absolute atomic E-state index is 12.6. The molecule has 0 bridgehead atoms. The Balaban J connectivity index is 1.54. The summed E-state index contributed by atoms with van der Waals surface area (Å²) in [6.07, 6.45) is -8.51. The van der Waals surface area contributed by atoms with Crippen molar-refractivity contribution < 1.29 is 35.9 Å². The lowest BCUT2D eigenvalue weighted by Gasteiger charge is -2.36. The summed E-state index contributed by atoms with van der Waals surface area (Å²) in [5.41, 5.74) is -0.857. The van der Waals surface area contributed by atoms with E-state index >= 15 is 0 Å². The van der Waals surface area contributed by atoms with Gasteiger partial charge in [0.05, 0.1) is 11.5 Å². The van der Waals surface area contributed by atoms with Crippen LogP contribution in [0.4, 0.5) is 32.2 Å². The van der Waals surface area contributed by atoms with Gasteiger partial charge in [0.1, 0.15) is 12.4 Å². The smallest absolute Gasteiger partial charge is 0.353 e. The van der Waals surface area contributed by atoms with Crippen LogP contribution >= 0.6 is 0 Å². The van der Waals surface area contributed by atoms with Crippen LogP contribution in [-0.2, 0) is 15.8 Å². The molecule has 0 aromatic carbocycles. The molecule has 2 aliphatic heterocycles. The van der Waals surface area contributed by atoms with Crippen molar-refractivity contribution in [1.29, 1.82) is 0 Å². The minimum absolute atomic E-state index is 0.242. The van der Waals surface area contributed by atoms with Gasteiger partial charge in [-0.25, -0.2) is 4.98 Å². The number of halogens is 6. The number of hydrogen-bond acceptors (Lipinski definition) is 4. The topological polar surface area (TPSA) is 56.8 Å². The van der Waals surface area contributed by atoms with Gasteiger partial charge in [-0.2, -0.15) is 26.3 Å². The summed E-state index contributed by atoms with van der Waals surface area (Å²) in [4.78, 5) is 32.0. The molecule has 0 N–H and O–H groups in total. The van der Waals surface area contributed by atoms with Gasteiger partial charge in [-0.05, 0) is 12.1 Å². The average Bonchev–Trinajstić information content (AvgIpc) is 2.99. The Morgan fingerprint density at radius 2 is 1.72 bits per heavy atom. The van der Waals surface area contributed by atoms with E-state index in [0.29, 0.717) is 23.8 Å². The Morgan fingerprint density at radius 3 is 2.24 bits per heavy atom. The highest BCUT2D eigenvalue weighted by Crippen LogP contribution is 2.30. The van der Waals surface area contributed by atoms with Crippen LogP contribution in [0.5, 0.6) is 0 Å². The third kappa shape index (κ3) is 5.10. The predicted molar refractivity (Wildman–Crippen MR) is 88.8 cm³/mol. The number of aromatic nitrogens is 1. The zero-order valence-corrected chi connectivity index (χ0v) is 15.1. The molecule has 160 valence electrons. The van der Waals surface area contributed by atoms with Crippen LogP contribution in [0.2, 0.25) is 0 Å². The Labute approximate surface area is 162 Å². The van der Waals surface area contributed by atoms with Crippen molar-refractivity contribution in [3.63, 3.8) is 0 Å². The minimum atomic E-state index is -4.52. The number of carbonyl (C=O) groups excluding carboxylic acids is 2. The molecule has 1 unspecified atom stereocenters. The van der Waals surface area contributed by atoms with Gasteiger partial charge in [0.25, 0.3) is 0 Å². The molecule has 3 heterocycles. The van der Waals surface area contributed by atoms with E-state index < -0.39 is 36.3 Å². The summed E-state index contributed by atoms with van der Waals surface area (Å²) in [5, 5.41) is 0. The largest absolute Gasteiger partial charge is 0.417 e. The number of likely N-dealkylation sites (tertiary alicyclic amines) is 1. The second-order valence-electron chi connectivity index (χ2n) is 7.01. The van der Waals surface area contributed by atoms with Crippen molar-refractivity contribution in [3.05, 3.63) is 23.9 Å². The van der Waals surface area contributed by atoms with Gasteiger partial charge in [-0.15, -0.1) is 0 Å². The van der Waals surface area contributed by atoms with Gasteiger partial charge < -0.3 is 14.7 Å². The van der Waals surface area contributed by atoms with E-state index in [2.05, 4.69) is 4.98 Å². The fourth-order valence-electron chi connectivity index (χ4n) is 3.46. The molecule has 2 aliphatic rings. The normalized spacial score (nSPS) is 21.1. The van der Waals surface area contributed by atoms with E-state index in [4.69, 9.17) is 0 Å². The summed E-state index contributed by atoms with van der Waals surface area (Å²) in [6.45, 7) is -0.522. The second kappa shape index (κ2) is 7.71. The fourth-order valence-corrected chi connectivity index (χ4v) is 3.46. The number of nitrogens with zero attached hydrogens (tertiary/aromatic N) is 4. The summed E-state index contributed by atoms with van der Waals surface area (Å²) in [7, 11) is 0. The molecule has 3 rings (SSSR count). The van der Waals surface area contributed by atoms with Crippen LogP contribution in [0.1, 0.15) is 12.0 Å². The van der Waals surface area contributed by atoms with Crippen molar-refractivity contribution in [1.82, 2.24) is 14.8 Å². The molecule has 1 aromatic heterocycles. The highest BCUT2D eigenvalue weighted by Gasteiger charge is 2.42. The summed E-state index contributed by atoms with van der Waals surface area (Å²) in [6, 6.07) is 2.18. The first kappa shape index (κ1) is 21.2. The summed E-state index contributed by atoms with van der Waals surface area (Å²) < 4.78 is 75.3. The molecule has 12 heteroatoms. The lowest BCUT2D eigenvalue weighted by atomic mass is 10.1. The number of rotatable bonds is 3. The molecule has 2 amide bonds. The van der Waals surface area contributed by atoms with Crippen LogP contribution in [0, 0.1) is 5.92 Å². The number of amides is 2. The van der Waals surface area contributed by atoms with Gasteiger partial charge >= 0.3 is 12.4 Å². The lowest BCUT2D eigenvalue weighted by molar-refractivity contribution is -0.157.